The molecule has 0 spiro atoms. The first-order valence-corrected chi connectivity index (χ1v) is 7.71. The summed E-state index contributed by atoms with van der Waals surface area (Å²) < 4.78 is 0. The lowest BCUT2D eigenvalue weighted by molar-refractivity contribution is -0.132. The molecule has 0 saturated heterocycles. The van der Waals surface area contributed by atoms with Gasteiger partial charge in [0.05, 0.1) is 0 Å². The molecule has 0 unspecified atom stereocenters. The first-order chi connectivity index (χ1) is 10.0. The van der Waals surface area contributed by atoms with Crippen LogP contribution in [0.4, 0.5) is 0 Å². The zero-order valence-corrected chi connectivity index (χ0v) is 13.4. The van der Waals surface area contributed by atoms with E-state index in [0.717, 1.165) is 24.0 Å². The minimum absolute atomic E-state index is 0.392. The summed E-state index contributed by atoms with van der Waals surface area (Å²) in [6.45, 7) is 5.91. The van der Waals surface area contributed by atoms with Crippen LogP contribution in [0.2, 0.25) is 0 Å². The molecule has 0 bridgehead atoms. The van der Waals surface area contributed by atoms with Crippen LogP contribution < -0.4 is 0 Å². The van der Waals surface area contributed by atoms with Crippen LogP contribution in [0.1, 0.15) is 57.1 Å². The van der Waals surface area contributed by atoms with Crippen LogP contribution in [0.5, 0.6) is 0 Å². The molecule has 0 aliphatic heterocycles. The summed E-state index contributed by atoms with van der Waals surface area (Å²) in [5, 5.41) is 9.05. The van der Waals surface area contributed by atoms with Gasteiger partial charge in [0.2, 0.25) is 0 Å². The molecule has 0 atom stereocenters. The highest BCUT2D eigenvalue weighted by molar-refractivity contribution is 5.86. The third kappa shape index (κ3) is 6.94. The summed E-state index contributed by atoms with van der Waals surface area (Å²) in [6, 6.07) is 8.30. The smallest absolute Gasteiger partial charge is 0.331 e. The van der Waals surface area contributed by atoms with Crippen molar-refractivity contribution < 1.29 is 9.90 Å². The molecule has 0 aliphatic carbocycles. The van der Waals surface area contributed by atoms with Gasteiger partial charge in [-0.2, -0.15) is 0 Å². The number of allylic oxidation sites excluding steroid dienone is 2. The Morgan fingerprint density at radius 1 is 1.14 bits per heavy atom. The second-order valence-electron chi connectivity index (χ2n) is 5.57. The molecule has 1 aromatic rings. The van der Waals surface area contributed by atoms with E-state index in [2.05, 4.69) is 44.2 Å². The van der Waals surface area contributed by atoms with Crippen molar-refractivity contribution in [2.75, 3.05) is 0 Å². The highest BCUT2D eigenvalue weighted by Gasteiger charge is 2.02. The molecule has 1 aromatic carbocycles. The number of aliphatic carboxylic acids is 1. The lowest BCUT2D eigenvalue weighted by atomic mass is 10.0. The molecule has 1 rings (SSSR count). The first-order valence-electron chi connectivity index (χ1n) is 7.71. The van der Waals surface area contributed by atoms with Gasteiger partial charge in [0, 0.05) is 5.57 Å². The van der Waals surface area contributed by atoms with E-state index in [0.29, 0.717) is 5.57 Å². The molecule has 0 radical (unpaired) electrons. The van der Waals surface area contributed by atoms with Gasteiger partial charge in [0.15, 0.2) is 0 Å². The Morgan fingerprint density at radius 3 is 2.38 bits per heavy atom. The molecule has 2 heteroatoms. The van der Waals surface area contributed by atoms with Crippen LogP contribution in [0.15, 0.2) is 41.5 Å². The Bertz CT molecular complexity index is 507. The van der Waals surface area contributed by atoms with Crippen molar-refractivity contribution in [3.63, 3.8) is 0 Å². The van der Waals surface area contributed by atoms with Crippen molar-refractivity contribution in [1.29, 1.82) is 0 Å². The molecule has 0 saturated carbocycles. The number of rotatable bonds is 8. The summed E-state index contributed by atoms with van der Waals surface area (Å²) in [6.07, 6.45) is 9.57. The van der Waals surface area contributed by atoms with E-state index in [1.807, 2.05) is 0 Å². The summed E-state index contributed by atoms with van der Waals surface area (Å²) in [5.41, 5.74) is 3.84. The van der Waals surface area contributed by atoms with Crippen molar-refractivity contribution in [2.24, 2.45) is 0 Å². The van der Waals surface area contributed by atoms with Crippen molar-refractivity contribution >= 4 is 12.0 Å². The van der Waals surface area contributed by atoms with Gasteiger partial charge in [-0.3, -0.25) is 0 Å². The second kappa shape index (κ2) is 9.17. The fourth-order valence-electron chi connectivity index (χ4n) is 2.16. The number of carbonyl (C=O) groups is 1. The summed E-state index contributed by atoms with van der Waals surface area (Å²) in [7, 11) is 0. The maximum absolute atomic E-state index is 11.0. The van der Waals surface area contributed by atoms with E-state index >= 15 is 0 Å². The highest BCUT2D eigenvalue weighted by Crippen LogP contribution is 2.18. The number of carboxylic acids is 1. The molecule has 0 amide bonds. The van der Waals surface area contributed by atoms with E-state index < -0.39 is 5.97 Å². The number of hydrogen-bond acceptors (Lipinski definition) is 1. The largest absolute Gasteiger partial charge is 0.478 e. The van der Waals surface area contributed by atoms with E-state index in [1.165, 1.54) is 24.8 Å². The summed E-state index contributed by atoms with van der Waals surface area (Å²) in [4.78, 5) is 11.0. The Hall–Kier alpha value is -1.83. The van der Waals surface area contributed by atoms with Crippen molar-refractivity contribution in [2.45, 2.75) is 52.9 Å². The standard InChI is InChI=1S/C19H26O2/c1-4-5-6-7-8-18(13-16(3)19(20)21)14-17-11-9-15(2)10-12-17/h9-14H,4-8H2,1-3H3,(H,20,21)/b16-13+,18-14+. The molecule has 1 N–H and O–H groups in total. The molecule has 0 aromatic heterocycles. The van der Waals surface area contributed by atoms with Crippen LogP contribution in [0, 0.1) is 6.92 Å². The van der Waals surface area contributed by atoms with Crippen molar-refractivity contribution in [1.82, 2.24) is 0 Å². The van der Waals surface area contributed by atoms with Crippen molar-refractivity contribution in [3.8, 4) is 0 Å². The SMILES string of the molecule is CCCCCCC(=C\c1ccc(C)cc1)/C=C(\C)C(=O)O. The molecule has 114 valence electrons. The van der Waals surface area contributed by atoms with Gasteiger partial charge in [-0.05, 0) is 43.9 Å². The van der Waals surface area contributed by atoms with Gasteiger partial charge in [-0.15, -0.1) is 0 Å². The molecular formula is C19H26O2. The normalized spacial score (nSPS) is 12.5. The van der Waals surface area contributed by atoms with Gasteiger partial charge in [0.1, 0.15) is 0 Å². The molecule has 0 heterocycles. The fraction of sp³-hybridized carbons (Fsp3) is 0.421. The average molecular weight is 286 g/mol. The maximum atomic E-state index is 11.0. The highest BCUT2D eigenvalue weighted by atomic mass is 16.4. The first kappa shape index (κ1) is 17.2. The number of aryl methyl sites for hydroxylation is 1. The number of carboxylic acid groups (broad SMARTS) is 1. The Labute approximate surface area is 128 Å². The van der Waals surface area contributed by atoms with Gasteiger partial charge in [0.25, 0.3) is 0 Å². The van der Waals surface area contributed by atoms with Crippen LogP contribution in [-0.2, 0) is 4.79 Å². The molecule has 21 heavy (non-hydrogen) atoms. The Balaban J connectivity index is 2.86. The topological polar surface area (TPSA) is 37.3 Å². The number of benzene rings is 1. The third-order valence-corrected chi connectivity index (χ3v) is 3.49. The third-order valence-electron chi connectivity index (χ3n) is 3.49. The van der Waals surface area contributed by atoms with Gasteiger partial charge in [-0.1, -0.05) is 62.1 Å². The summed E-state index contributed by atoms with van der Waals surface area (Å²) in [5.74, 6) is -0.849. The quantitative estimate of drug-likeness (QED) is 0.396. The van der Waals surface area contributed by atoms with E-state index in [1.54, 1.807) is 13.0 Å². The Kier molecular flexibility index (Phi) is 7.52. The predicted molar refractivity (Wildman–Crippen MR) is 89.3 cm³/mol. The molecule has 2 nitrogen and oxygen atoms in total. The molecule has 0 aliphatic rings. The summed E-state index contributed by atoms with van der Waals surface area (Å²) >= 11 is 0. The van der Waals surface area contributed by atoms with Crippen molar-refractivity contribution in [3.05, 3.63) is 52.6 Å². The van der Waals surface area contributed by atoms with Crippen LogP contribution in [0.25, 0.3) is 6.08 Å². The van der Waals surface area contributed by atoms with Crippen LogP contribution >= 0.6 is 0 Å². The van der Waals surface area contributed by atoms with Gasteiger partial charge in [-0.25, -0.2) is 4.79 Å². The number of hydrogen-bond donors (Lipinski definition) is 1. The monoisotopic (exact) mass is 286 g/mol. The zero-order chi connectivity index (χ0) is 15.7. The van der Waals surface area contributed by atoms with Gasteiger partial charge < -0.3 is 5.11 Å². The molecular weight excluding hydrogens is 260 g/mol. The van der Waals surface area contributed by atoms with E-state index in [9.17, 15) is 4.79 Å². The van der Waals surface area contributed by atoms with Crippen LogP contribution in [-0.4, -0.2) is 11.1 Å². The minimum Gasteiger partial charge on any atom is -0.478 e. The second-order valence-corrected chi connectivity index (χ2v) is 5.57. The number of unbranched alkanes of at least 4 members (excludes halogenated alkanes) is 3. The predicted octanol–water partition coefficient (Wildman–Crippen LogP) is 5.38. The Morgan fingerprint density at radius 2 is 1.81 bits per heavy atom. The fourth-order valence-corrected chi connectivity index (χ4v) is 2.16. The lowest BCUT2D eigenvalue weighted by Crippen LogP contribution is -1.97. The molecule has 0 fully saturated rings. The van der Waals surface area contributed by atoms with E-state index in [-0.39, 0.29) is 0 Å². The van der Waals surface area contributed by atoms with E-state index in [4.69, 9.17) is 5.11 Å². The maximum Gasteiger partial charge on any atom is 0.331 e. The van der Waals surface area contributed by atoms with Crippen LogP contribution in [0.3, 0.4) is 0 Å². The zero-order valence-electron chi connectivity index (χ0n) is 13.4. The van der Waals surface area contributed by atoms with Gasteiger partial charge >= 0.3 is 5.97 Å². The average Bonchev–Trinajstić information content (AvgIpc) is 2.45. The minimum atomic E-state index is -0.849. The lowest BCUT2D eigenvalue weighted by Gasteiger charge is -2.05.